The third-order valence-electron chi connectivity index (χ3n) is 21.8. The van der Waals surface area contributed by atoms with Crippen LogP contribution in [0.15, 0.2) is 214 Å². The van der Waals surface area contributed by atoms with Crippen molar-refractivity contribution in [2.24, 2.45) is 0 Å². The van der Waals surface area contributed by atoms with Crippen LogP contribution >= 0.6 is 23.2 Å². The Morgan fingerprint density at radius 3 is 1.43 bits per heavy atom. The molecule has 0 fully saturated rings. The summed E-state index contributed by atoms with van der Waals surface area (Å²) in [5.41, 5.74) is 17.1. The fourth-order valence-electron chi connectivity index (χ4n) is 16.6. The average molecular weight is 1580 g/mol. The second kappa shape index (κ2) is 35.1. The van der Waals surface area contributed by atoms with Crippen molar-refractivity contribution >= 4 is 120 Å². The molecule has 0 spiro atoms. The Hall–Kier alpha value is -6.08. The first-order valence-corrected chi connectivity index (χ1v) is 43.5. The molecule has 4 heterocycles. The molecule has 16 nitrogen and oxygen atoms in total. The van der Waals surface area contributed by atoms with Gasteiger partial charge in [0, 0.05) is 105 Å². The molecule has 0 amide bonds. The van der Waals surface area contributed by atoms with Crippen molar-refractivity contribution in [1.29, 1.82) is 0 Å². The molecule has 107 heavy (non-hydrogen) atoms. The quantitative estimate of drug-likeness (QED) is 0.0151. The van der Waals surface area contributed by atoms with E-state index in [4.69, 9.17) is 23.2 Å². The van der Waals surface area contributed by atoms with E-state index in [-0.39, 0.29) is 79.7 Å². The van der Waals surface area contributed by atoms with Crippen LogP contribution in [0.5, 0.6) is 0 Å². The molecule has 23 heteroatoms. The number of unbranched alkanes of at least 4 members (excludes halogenated alkanes) is 4. The Labute approximate surface area is 667 Å². The minimum Gasteiger partial charge on any atom is -0.870 e. The molecule has 4 N–H and O–H groups in total. The SMILES string of the molecule is CC1(C)C(/C=C/C2=C(Cl)C(=C/C=C3/N(CCCCS(=O)(=O)O)c4ccccc4C3(C)C)/CCC2)=[N+](CCCCS(=O)(=O)O)c2ccccc21.CC1(C)C(=CC=C2CCCC(C=CC3=[N+](CCCC[S-](=O)=O)c4ccc5ccccc5c4C3(C)C)=C2Cl)N(CCCCS(=O)(=O)O)c2ccc3ccccc3c21.[Na+].[OH-]. The molecule has 12 rings (SSSR count). The molecular weight excluding hydrogens is 1480 g/mol. The molecule has 6 aromatic carbocycles. The van der Waals surface area contributed by atoms with Crippen molar-refractivity contribution in [2.45, 2.75) is 167 Å². The van der Waals surface area contributed by atoms with Crippen molar-refractivity contribution in [1.82, 2.24) is 0 Å². The first-order chi connectivity index (χ1) is 49.7. The summed E-state index contributed by atoms with van der Waals surface area (Å²) < 4.78 is 123. The maximum Gasteiger partial charge on any atom is 1.00 e. The predicted octanol–water partition coefficient (Wildman–Crippen LogP) is 16.0. The van der Waals surface area contributed by atoms with Gasteiger partial charge >= 0.3 is 29.6 Å². The summed E-state index contributed by atoms with van der Waals surface area (Å²) in [4.78, 5) is 4.58. The minimum absolute atomic E-state index is 0. The van der Waals surface area contributed by atoms with Gasteiger partial charge in [0.25, 0.3) is 30.4 Å². The molecule has 0 saturated carbocycles. The standard InChI is InChI=1S/C46H50ClN2O5S2.C38H47ClN2O6S2.Na.H2O/c1-45(2)40(48(28-9-11-30-55(50)51)38-24-20-32-14-5-7-18-36(32)42(38)45)26-22-34-16-13-17-35(44(34)47)23-27-41-46(3,4)43-37-19-8-6-15-33(37)21-25-39(43)49(41)29-10-12-31-56(52,53)54;1-37(2)30-16-5-7-18-32(30)40(24-9-11-26-48(42,43)44)34(37)22-20-28-14-13-15-29(36(28)39)21-23-35-38(3,4)31-17-6-8-19-33(31)41(35)25-10-12-27-49(45,46)47;;/h5-8,14-15,18-27H,9-13,16-17,28-31H2,1-4H3;5-8,16-23H,9-15,24-27H2,1-4H3,(H-,42,43,44,45,46,47);;1H2/q-1;;+1;/p+1. The molecule has 6 aliphatic rings. The van der Waals surface area contributed by atoms with E-state index < -0.39 is 41.1 Å². The van der Waals surface area contributed by atoms with Gasteiger partial charge in [-0.3, -0.25) is 13.7 Å². The Balaban J connectivity index is 0.000000245. The number of allylic oxidation sites excluding steroid dienone is 16. The first-order valence-electron chi connectivity index (χ1n) is 36.7. The van der Waals surface area contributed by atoms with E-state index in [9.17, 15) is 47.3 Å². The summed E-state index contributed by atoms with van der Waals surface area (Å²) in [6.07, 6.45) is 27.1. The van der Waals surface area contributed by atoms with E-state index >= 15 is 0 Å². The van der Waals surface area contributed by atoms with Crippen molar-refractivity contribution < 1.29 is 91.5 Å². The molecule has 6 aromatic rings. The molecule has 0 aromatic heterocycles. The summed E-state index contributed by atoms with van der Waals surface area (Å²) in [6, 6.07) is 42.3. The van der Waals surface area contributed by atoms with Crippen molar-refractivity contribution in [3.8, 4) is 0 Å². The molecule has 566 valence electrons. The van der Waals surface area contributed by atoms with Crippen LogP contribution in [0.25, 0.3) is 21.5 Å². The molecule has 0 saturated heterocycles. The van der Waals surface area contributed by atoms with Crippen LogP contribution in [-0.4, -0.2) is 114 Å². The Morgan fingerprint density at radius 1 is 0.449 bits per heavy atom. The average Bonchev–Trinajstić information content (AvgIpc) is 1.59. The number of rotatable bonds is 26. The molecule has 0 bridgehead atoms. The van der Waals surface area contributed by atoms with Gasteiger partial charge in [0.15, 0.2) is 11.4 Å². The number of nitrogens with zero attached hydrogens (tertiary/aromatic N) is 4. The second-order valence-corrected chi connectivity index (χ2v) is 37.0. The number of hydrogen-bond acceptors (Lipinski definition) is 12. The van der Waals surface area contributed by atoms with E-state index in [1.54, 1.807) is 0 Å². The van der Waals surface area contributed by atoms with Crippen LogP contribution in [-0.2, 0) is 71.1 Å². The van der Waals surface area contributed by atoms with Gasteiger partial charge in [0.1, 0.15) is 13.1 Å². The number of para-hydroxylation sites is 2. The van der Waals surface area contributed by atoms with Gasteiger partial charge in [-0.1, -0.05) is 189 Å². The fourth-order valence-corrected chi connectivity index (χ4v) is 19.4. The maximum atomic E-state index is 11.5. The zero-order valence-corrected chi connectivity index (χ0v) is 69.7. The van der Waals surface area contributed by atoms with Crippen molar-refractivity contribution in [3.63, 3.8) is 0 Å². The van der Waals surface area contributed by atoms with Gasteiger partial charge < -0.3 is 23.7 Å². The summed E-state index contributed by atoms with van der Waals surface area (Å²) in [5.74, 6) is -0.596. The number of hydrogen-bond donors (Lipinski definition) is 3. The number of anilines is 2. The van der Waals surface area contributed by atoms with Gasteiger partial charge in [0.2, 0.25) is 11.4 Å². The smallest absolute Gasteiger partial charge is 0.870 e. The first kappa shape index (κ1) is 84.9. The number of fused-ring (bicyclic) bond motifs is 8. The molecule has 4 aliphatic heterocycles. The molecule has 0 radical (unpaired) electrons. The van der Waals surface area contributed by atoms with E-state index in [0.717, 1.165) is 118 Å². The van der Waals surface area contributed by atoms with Gasteiger partial charge in [-0.15, -0.1) is 0 Å². The third-order valence-corrected chi connectivity index (χ3v) is 25.8. The molecule has 2 aliphatic carbocycles. The maximum absolute atomic E-state index is 11.5. The fraction of sp³-hybridized carbons (Fsp3) is 0.405. The summed E-state index contributed by atoms with van der Waals surface area (Å²) in [6.45, 7) is 20.5. The largest absolute Gasteiger partial charge is 1.00 e. The predicted molar refractivity (Wildman–Crippen MR) is 433 cm³/mol. The van der Waals surface area contributed by atoms with Crippen LogP contribution in [0.4, 0.5) is 22.7 Å². The minimum atomic E-state index is -4.03. The Kier molecular flexibility index (Phi) is 27.9. The van der Waals surface area contributed by atoms with Crippen LogP contribution in [0.3, 0.4) is 0 Å². The molecule has 0 atom stereocenters. The van der Waals surface area contributed by atoms with Gasteiger partial charge in [-0.05, 0) is 184 Å². The Morgan fingerprint density at radius 2 is 0.888 bits per heavy atom. The summed E-state index contributed by atoms with van der Waals surface area (Å²) >= 11 is 14.4. The molecule has 0 unspecified atom stereocenters. The van der Waals surface area contributed by atoms with E-state index in [0.29, 0.717) is 64.6 Å². The Bertz CT molecular complexity index is 5170. The molecular formula is C84H100Cl2N4NaO12S4+. The zero-order chi connectivity index (χ0) is 75.4. The third kappa shape index (κ3) is 19.3. The van der Waals surface area contributed by atoms with E-state index in [1.807, 2.05) is 24.3 Å². The van der Waals surface area contributed by atoms with Crippen LogP contribution in [0, 0.1) is 0 Å². The van der Waals surface area contributed by atoms with Crippen molar-refractivity contribution in [3.05, 3.63) is 236 Å². The van der Waals surface area contributed by atoms with E-state index in [1.165, 1.54) is 55.2 Å². The summed E-state index contributed by atoms with van der Waals surface area (Å²) in [7, 11) is -14.1. The van der Waals surface area contributed by atoms with Gasteiger partial charge in [0.05, 0.1) is 28.1 Å². The van der Waals surface area contributed by atoms with Gasteiger partial charge in [-0.25, -0.2) is 0 Å². The number of benzene rings is 6. The summed E-state index contributed by atoms with van der Waals surface area (Å²) in [5, 5.41) is 6.33. The van der Waals surface area contributed by atoms with Crippen LogP contribution < -0.4 is 39.4 Å². The van der Waals surface area contributed by atoms with Crippen LogP contribution in [0.1, 0.15) is 168 Å². The second-order valence-electron chi connectivity index (χ2n) is 30.5. The van der Waals surface area contributed by atoms with Crippen molar-refractivity contribution in [2.75, 3.05) is 59.0 Å². The zero-order valence-electron chi connectivity index (χ0n) is 63.0. The van der Waals surface area contributed by atoms with E-state index in [2.05, 4.69) is 220 Å². The van der Waals surface area contributed by atoms with Crippen LogP contribution in [0.2, 0.25) is 0 Å². The van der Waals surface area contributed by atoms with Gasteiger partial charge in [-0.2, -0.15) is 34.4 Å². The number of halogens is 2. The normalized spacial score (nSPS) is 19.6. The monoisotopic (exact) mass is 1580 g/mol. The topological polar surface area (TPSA) is 240 Å².